The van der Waals surface area contributed by atoms with Gasteiger partial charge in [0, 0.05) is 17.5 Å². The molecular formula is C26H27ClF3N3O3. The predicted molar refractivity (Wildman–Crippen MR) is 132 cm³/mol. The van der Waals surface area contributed by atoms with Crippen LogP contribution in [0.5, 0.6) is 5.75 Å². The average Bonchev–Trinajstić information content (AvgIpc) is 2.81. The van der Waals surface area contributed by atoms with Crippen LogP contribution < -0.4 is 10.4 Å². The van der Waals surface area contributed by atoms with Crippen LogP contribution in [0.4, 0.5) is 13.2 Å². The normalized spacial score (nSPS) is 12.1. The van der Waals surface area contributed by atoms with Gasteiger partial charge in [0.25, 0.3) is 0 Å². The van der Waals surface area contributed by atoms with Crippen LogP contribution in [0.2, 0.25) is 5.02 Å². The molecule has 0 spiro atoms. The van der Waals surface area contributed by atoms with Crippen molar-refractivity contribution in [3.05, 3.63) is 63.5 Å². The van der Waals surface area contributed by atoms with Gasteiger partial charge < -0.3 is 4.74 Å². The van der Waals surface area contributed by atoms with Crippen molar-refractivity contribution in [3.8, 4) is 28.5 Å². The lowest BCUT2D eigenvalue weighted by Crippen LogP contribution is -2.39. The third kappa shape index (κ3) is 6.51. The Hall–Kier alpha value is -3.20. The Labute approximate surface area is 211 Å². The minimum absolute atomic E-state index is 0.0694. The van der Waals surface area contributed by atoms with E-state index in [1.54, 1.807) is 42.5 Å². The van der Waals surface area contributed by atoms with E-state index in [1.165, 1.54) is 0 Å². The number of Topliss-reactive ketones (excluding diaryl/α,β-unsaturated/α-hetero) is 1. The summed E-state index contributed by atoms with van der Waals surface area (Å²) in [5, 5.41) is 0.273. The molecule has 0 saturated heterocycles. The van der Waals surface area contributed by atoms with Crippen molar-refractivity contribution in [2.45, 2.75) is 46.7 Å². The summed E-state index contributed by atoms with van der Waals surface area (Å²) in [7, 11) is 0. The van der Waals surface area contributed by atoms with Crippen molar-refractivity contribution in [1.29, 1.82) is 0 Å². The molecular weight excluding hydrogens is 495 g/mol. The molecule has 0 aliphatic rings. The lowest BCUT2D eigenvalue weighted by atomic mass is 9.84. The SMILES string of the molecule is CC(C)COc1cccc(-c2nc(-c3cc(CCC(=O)C(C)(C)C(F)(F)F)ccc3Cl)[nH]c(=O)n2)c1. The molecule has 1 heterocycles. The first-order chi connectivity index (χ1) is 16.8. The summed E-state index contributed by atoms with van der Waals surface area (Å²) in [6.07, 6.45) is -4.87. The molecule has 10 heteroatoms. The van der Waals surface area contributed by atoms with Crippen LogP contribution in [0.15, 0.2) is 47.3 Å². The molecule has 1 aromatic heterocycles. The summed E-state index contributed by atoms with van der Waals surface area (Å²) < 4.78 is 45.3. The van der Waals surface area contributed by atoms with E-state index in [1.807, 2.05) is 13.8 Å². The van der Waals surface area contributed by atoms with Crippen LogP contribution in [0.1, 0.15) is 39.7 Å². The van der Waals surface area contributed by atoms with Crippen molar-refractivity contribution in [1.82, 2.24) is 15.0 Å². The number of nitrogens with zero attached hydrogens (tertiary/aromatic N) is 2. The summed E-state index contributed by atoms with van der Waals surface area (Å²) in [6, 6.07) is 11.8. The lowest BCUT2D eigenvalue weighted by molar-refractivity contribution is -0.210. The van der Waals surface area contributed by atoms with Gasteiger partial charge >= 0.3 is 11.9 Å². The molecule has 0 fully saturated rings. The quantitative estimate of drug-likeness (QED) is 0.358. The summed E-state index contributed by atoms with van der Waals surface area (Å²) in [4.78, 5) is 35.5. The second-order valence-electron chi connectivity index (χ2n) is 9.42. The minimum atomic E-state index is -4.64. The largest absolute Gasteiger partial charge is 0.493 e. The van der Waals surface area contributed by atoms with Crippen molar-refractivity contribution in [2.75, 3.05) is 6.61 Å². The molecule has 2 aromatic carbocycles. The number of ketones is 1. The van der Waals surface area contributed by atoms with E-state index in [-0.39, 0.29) is 29.5 Å². The maximum Gasteiger partial charge on any atom is 0.400 e. The Kier molecular flexibility index (Phi) is 8.23. The van der Waals surface area contributed by atoms with Crippen molar-refractivity contribution in [3.63, 3.8) is 0 Å². The fourth-order valence-corrected chi connectivity index (χ4v) is 3.47. The molecule has 0 saturated carbocycles. The summed E-state index contributed by atoms with van der Waals surface area (Å²) >= 11 is 6.35. The summed E-state index contributed by atoms with van der Waals surface area (Å²) in [5.74, 6) is 0.335. The van der Waals surface area contributed by atoms with E-state index in [2.05, 4.69) is 15.0 Å². The molecule has 0 aliphatic carbocycles. The van der Waals surface area contributed by atoms with Crippen molar-refractivity contribution >= 4 is 17.4 Å². The lowest BCUT2D eigenvalue weighted by Gasteiger charge is -2.26. The number of rotatable bonds is 9. The van der Waals surface area contributed by atoms with E-state index in [9.17, 15) is 22.8 Å². The number of H-pyrrole nitrogens is 1. The number of nitrogens with one attached hydrogen (secondary N) is 1. The fraction of sp³-hybridized carbons (Fsp3) is 0.385. The smallest absolute Gasteiger partial charge is 0.400 e. The van der Waals surface area contributed by atoms with Gasteiger partial charge in [0.05, 0.1) is 11.6 Å². The Morgan fingerprint density at radius 3 is 2.50 bits per heavy atom. The van der Waals surface area contributed by atoms with Gasteiger partial charge in [-0.25, -0.2) is 9.78 Å². The zero-order valence-electron chi connectivity index (χ0n) is 20.4. The topological polar surface area (TPSA) is 84.9 Å². The molecule has 0 amide bonds. The zero-order chi connectivity index (χ0) is 26.7. The van der Waals surface area contributed by atoms with E-state index in [0.29, 0.717) is 35.0 Å². The highest BCUT2D eigenvalue weighted by atomic mass is 35.5. The number of aryl methyl sites for hydroxylation is 1. The molecule has 0 unspecified atom stereocenters. The predicted octanol–water partition coefficient (Wildman–Crippen LogP) is 6.28. The standard InChI is InChI=1S/C26H27ClF3N3O3/c1-15(2)14-36-18-7-5-6-17(13-18)22-31-23(33-24(35)32-22)19-12-16(8-10-20(19)27)9-11-21(34)25(3,4)26(28,29)30/h5-8,10,12-13,15H,9,11,14H2,1-4H3,(H,31,32,33,35). The van der Waals surface area contributed by atoms with Crippen LogP contribution in [-0.2, 0) is 11.2 Å². The number of aromatic nitrogens is 3. The third-order valence-electron chi connectivity index (χ3n) is 5.66. The van der Waals surface area contributed by atoms with Gasteiger partial charge in [-0.3, -0.25) is 9.78 Å². The van der Waals surface area contributed by atoms with E-state index in [4.69, 9.17) is 16.3 Å². The zero-order valence-corrected chi connectivity index (χ0v) is 21.1. The number of benzene rings is 2. The monoisotopic (exact) mass is 521 g/mol. The van der Waals surface area contributed by atoms with E-state index >= 15 is 0 Å². The number of aromatic amines is 1. The van der Waals surface area contributed by atoms with E-state index in [0.717, 1.165) is 13.8 Å². The Morgan fingerprint density at radius 2 is 1.83 bits per heavy atom. The third-order valence-corrected chi connectivity index (χ3v) is 5.99. The number of halogens is 4. The average molecular weight is 522 g/mol. The molecule has 192 valence electrons. The first-order valence-corrected chi connectivity index (χ1v) is 11.8. The van der Waals surface area contributed by atoms with Crippen molar-refractivity contribution < 1.29 is 22.7 Å². The second kappa shape index (κ2) is 10.8. The number of alkyl halides is 3. The van der Waals surface area contributed by atoms with Crippen LogP contribution in [0.25, 0.3) is 22.8 Å². The summed E-state index contributed by atoms with van der Waals surface area (Å²) in [6.45, 7) is 6.33. The van der Waals surface area contributed by atoms with Crippen molar-refractivity contribution in [2.24, 2.45) is 11.3 Å². The summed E-state index contributed by atoms with van der Waals surface area (Å²) in [5.41, 5.74) is -1.58. The first-order valence-electron chi connectivity index (χ1n) is 11.4. The van der Waals surface area contributed by atoms with Gasteiger partial charge in [0.2, 0.25) is 0 Å². The van der Waals surface area contributed by atoms with Crippen LogP contribution in [0.3, 0.4) is 0 Å². The first kappa shape index (κ1) is 27.4. The van der Waals surface area contributed by atoms with Gasteiger partial charge in [0.1, 0.15) is 22.8 Å². The maximum atomic E-state index is 13.2. The van der Waals surface area contributed by atoms with Gasteiger partial charge in [-0.1, -0.05) is 43.6 Å². The van der Waals surface area contributed by atoms with Gasteiger partial charge in [-0.05, 0) is 56.0 Å². The minimum Gasteiger partial charge on any atom is -0.493 e. The molecule has 0 bridgehead atoms. The second-order valence-corrected chi connectivity index (χ2v) is 9.83. The van der Waals surface area contributed by atoms with Gasteiger partial charge in [0.15, 0.2) is 5.82 Å². The molecule has 36 heavy (non-hydrogen) atoms. The van der Waals surface area contributed by atoms with Gasteiger partial charge in [-0.2, -0.15) is 18.2 Å². The number of carbonyl (C=O) groups excluding carboxylic acids is 1. The van der Waals surface area contributed by atoms with E-state index < -0.39 is 23.1 Å². The fourth-order valence-electron chi connectivity index (χ4n) is 3.27. The highest BCUT2D eigenvalue weighted by molar-refractivity contribution is 6.33. The number of carbonyl (C=O) groups is 1. The molecule has 3 aromatic rings. The van der Waals surface area contributed by atoms with Gasteiger partial charge in [-0.15, -0.1) is 0 Å². The Bertz CT molecular complexity index is 1300. The molecule has 0 atom stereocenters. The van der Waals surface area contributed by atoms with Crippen LogP contribution in [-0.4, -0.2) is 33.5 Å². The molecule has 3 rings (SSSR count). The molecule has 1 N–H and O–H groups in total. The highest BCUT2D eigenvalue weighted by Crippen LogP contribution is 2.39. The number of hydrogen-bond donors (Lipinski definition) is 1. The Balaban J connectivity index is 1.89. The molecule has 6 nitrogen and oxygen atoms in total. The molecule has 0 aliphatic heterocycles. The highest BCUT2D eigenvalue weighted by Gasteiger charge is 2.51. The number of ether oxygens (including phenoxy) is 1. The molecule has 0 radical (unpaired) electrons. The van der Waals surface area contributed by atoms with Crippen LogP contribution in [0, 0.1) is 11.3 Å². The number of hydrogen-bond acceptors (Lipinski definition) is 5. The Morgan fingerprint density at radius 1 is 1.11 bits per heavy atom. The van der Waals surface area contributed by atoms with Crippen LogP contribution >= 0.6 is 11.6 Å². The maximum absolute atomic E-state index is 13.2.